The van der Waals surface area contributed by atoms with Crippen molar-refractivity contribution in [2.45, 2.75) is 32.3 Å². The van der Waals surface area contributed by atoms with E-state index in [1.165, 1.54) is 12.8 Å². The van der Waals surface area contributed by atoms with Crippen LogP contribution in [0.25, 0.3) is 11.3 Å². The summed E-state index contributed by atoms with van der Waals surface area (Å²) in [4.78, 5) is 2.44. The highest BCUT2D eigenvalue weighted by molar-refractivity contribution is 5.85. The monoisotopic (exact) mass is 336 g/mol. The van der Waals surface area contributed by atoms with E-state index in [2.05, 4.69) is 17.0 Å². The summed E-state index contributed by atoms with van der Waals surface area (Å²) >= 11 is 0. The zero-order valence-corrected chi connectivity index (χ0v) is 14.3. The van der Waals surface area contributed by atoms with E-state index in [9.17, 15) is 5.11 Å². The number of hydrogen-bond donors (Lipinski definition) is 1. The molecule has 4 nitrogen and oxygen atoms in total. The molecule has 1 aliphatic rings. The molecule has 2 atom stereocenters. The lowest BCUT2D eigenvalue weighted by atomic mass is 9.96. The third-order valence-electron chi connectivity index (χ3n) is 4.55. The van der Waals surface area contributed by atoms with E-state index in [1.54, 1.807) is 0 Å². The number of aliphatic hydroxyl groups is 1. The van der Waals surface area contributed by atoms with Gasteiger partial charge in [-0.25, -0.2) is 0 Å². The standard InChI is InChI=1S/C18H24N2O2.ClH/c1-2-14(13-20-10-6-7-11-20)18(21)17-12-16(19-22-17)15-8-4-3-5-9-15;/h3-5,8-9,12,14,18,21H,2,6-7,10-11,13H2,1H3;1H. The van der Waals surface area contributed by atoms with Gasteiger partial charge < -0.3 is 14.5 Å². The van der Waals surface area contributed by atoms with Crippen molar-refractivity contribution in [1.82, 2.24) is 10.1 Å². The molecule has 2 heterocycles. The molecule has 1 aliphatic heterocycles. The molecule has 1 N–H and O–H groups in total. The largest absolute Gasteiger partial charge is 0.385 e. The number of benzene rings is 1. The van der Waals surface area contributed by atoms with E-state index in [0.717, 1.165) is 37.3 Å². The number of likely N-dealkylation sites (tertiary alicyclic amines) is 1. The van der Waals surface area contributed by atoms with E-state index in [0.29, 0.717) is 5.76 Å². The van der Waals surface area contributed by atoms with Gasteiger partial charge in [-0.05, 0) is 32.4 Å². The van der Waals surface area contributed by atoms with Crippen molar-refractivity contribution in [2.24, 2.45) is 5.92 Å². The lowest BCUT2D eigenvalue weighted by Gasteiger charge is -2.25. The second kappa shape index (κ2) is 8.48. The molecule has 2 aromatic rings. The molecule has 0 radical (unpaired) electrons. The summed E-state index contributed by atoms with van der Waals surface area (Å²) in [5, 5.41) is 14.7. The van der Waals surface area contributed by atoms with Crippen molar-refractivity contribution >= 4 is 12.4 Å². The Bertz CT molecular complexity index is 582. The number of nitrogens with zero attached hydrogens (tertiary/aromatic N) is 2. The summed E-state index contributed by atoms with van der Waals surface area (Å²) < 4.78 is 5.41. The number of aliphatic hydroxyl groups excluding tert-OH is 1. The first kappa shape index (κ1) is 18.0. The van der Waals surface area contributed by atoms with Crippen LogP contribution in [0, 0.1) is 5.92 Å². The normalized spacial score (nSPS) is 17.7. The van der Waals surface area contributed by atoms with Gasteiger partial charge in [-0.3, -0.25) is 0 Å². The zero-order chi connectivity index (χ0) is 15.4. The lowest BCUT2D eigenvalue weighted by Crippen LogP contribution is -2.29. The van der Waals surface area contributed by atoms with Crippen molar-refractivity contribution in [1.29, 1.82) is 0 Å². The Labute approximate surface area is 143 Å². The molecule has 23 heavy (non-hydrogen) atoms. The van der Waals surface area contributed by atoms with Crippen molar-refractivity contribution in [3.8, 4) is 11.3 Å². The average molecular weight is 337 g/mol. The van der Waals surface area contributed by atoms with Gasteiger partial charge in [-0.2, -0.15) is 0 Å². The van der Waals surface area contributed by atoms with E-state index < -0.39 is 6.10 Å². The molecule has 0 amide bonds. The summed E-state index contributed by atoms with van der Waals surface area (Å²) in [5.41, 5.74) is 1.79. The van der Waals surface area contributed by atoms with Gasteiger partial charge >= 0.3 is 0 Å². The first-order valence-corrected chi connectivity index (χ1v) is 8.20. The van der Waals surface area contributed by atoms with E-state index in [4.69, 9.17) is 4.52 Å². The maximum absolute atomic E-state index is 10.6. The highest BCUT2D eigenvalue weighted by Gasteiger charge is 2.26. The summed E-state index contributed by atoms with van der Waals surface area (Å²) in [6.45, 7) is 5.35. The Hall–Kier alpha value is -1.36. The summed E-state index contributed by atoms with van der Waals surface area (Å²) in [5.74, 6) is 0.763. The van der Waals surface area contributed by atoms with Crippen LogP contribution < -0.4 is 0 Å². The predicted octanol–water partition coefficient (Wildman–Crippen LogP) is 3.92. The van der Waals surface area contributed by atoms with Crippen LogP contribution in [-0.4, -0.2) is 34.8 Å². The second-order valence-corrected chi connectivity index (χ2v) is 6.10. The fraction of sp³-hybridized carbons (Fsp3) is 0.500. The Morgan fingerprint density at radius 2 is 1.91 bits per heavy atom. The minimum absolute atomic E-state index is 0. The Morgan fingerprint density at radius 1 is 1.22 bits per heavy atom. The van der Waals surface area contributed by atoms with Gasteiger partial charge in [0.1, 0.15) is 11.8 Å². The van der Waals surface area contributed by atoms with Gasteiger partial charge in [0.2, 0.25) is 0 Å². The molecule has 1 fully saturated rings. The third kappa shape index (κ3) is 4.34. The van der Waals surface area contributed by atoms with Crippen molar-refractivity contribution in [2.75, 3.05) is 19.6 Å². The maximum Gasteiger partial charge on any atom is 0.166 e. The molecule has 1 saturated heterocycles. The van der Waals surface area contributed by atoms with E-state index in [-0.39, 0.29) is 18.3 Å². The van der Waals surface area contributed by atoms with Crippen LogP contribution in [0.2, 0.25) is 0 Å². The predicted molar refractivity (Wildman–Crippen MR) is 93.6 cm³/mol. The minimum atomic E-state index is -0.587. The van der Waals surface area contributed by atoms with Crippen LogP contribution in [-0.2, 0) is 0 Å². The molecule has 3 rings (SSSR count). The quantitative estimate of drug-likeness (QED) is 0.868. The maximum atomic E-state index is 10.6. The molecule has 0 spiro atoms. The summed E-state index contributed by atoms with van der Waals surface area (Å²) in [6, 6.07) is 11.8. The number of rotatable bonds is 6. The van der Waals surface area contributed by atoms with Crippen LogP contribution in [0.1, 0.15) is 38.1 Å². The molecule has 0 saturated carbocycles. The Morgan fingerprint density at radius 3 is 2.57 bits per heavy atom. The fourth-order valence-corrected chi connectivity index (χ4v) is 3.16. The van der Waals surface area contributed by atoms with Crippen molar-refractivity contribution in [3.05, 3.63) is 42.2 Å². The molecule has 0 aliphatic carbocycles. The zero-order valence-electron chi connectivity index (χ0n) is 13.5. The van der Waals surface area contributed by atoms with Crippen LogP contribution in [0.3, 0.4) is 0 Å². The number of aromatic nitrogens is 1. The molecular formula is C18H25ClN2O2. The average Bonchev–Trinajstić information content (AvgIpc) is 3.24. The van der Waals surface area contributed by atoms with Crippen LogP contribution in [0.4, 0.5) is 0 Å². The molecule has 126 valence electrons. The van der Waals surface area contributed by atoms with Crippen molar-refractivity contribution in [3.63, 3.8) is 0 Å². The SMILES string of the molecule is CCC(CN1CCCC1)C(O)c1cc(-c2ccccc2)no1.Cl. The third-order valence-corrected chi connectivity index (χ3v) is 4.55. The van der Waals surface area contributed by atoms with Gasteiger partial charge in [-0.1, -0.05) is 42.4 Å². The second-order valence-electron chi connectivity index (χ2n) is 6.10. The molecular weight excluding hydrogens is 312 g/mol. The number of hydrogen-bond acceptors (Lipinski definition) is 4. The minimum Gasteiger partial charge on any atom is -0.385 e. The molecule has 2 unspecified atom stereocenters. The van der Waals surface area contributed by atoms with Gasteiger partial charge in [0.25, 0.3) is 0 Å². The molecule has 1 aromatic carbocycles. The van der Waals surface area contributed by atoms with E-state index in [1.807, 2.05) is 36.4 Å². The van der Waals surface area contributed by atoms with Gasteiger partial charge in [0, 0.05) is 24.1 Å². The van der Waals surface area contributed by atoms with Gasteiger partial charge in [0.15, 0.2) is 5.76 Å². The Balaban J connectivity index is 0.00000192. The topological polar surface area (TPSA) is 49.5 Å². The van der Waals surface area contributed by atoms with Gasteiger partial charge in [-0.15, -0.1) is 12.4 Å². The number of halogens is 1. The van der Waals surface area contributed by atoms with Crippen molar-refractivity contribution < 1.29 is 9.63 Å². The summed E-state index contributed by atoms with van der Waals surface area (Å²) in [6.07, 6.45) is 2.88. The van der Waals surface area contributed by atoms with Gasteiger partial charge in [0.05, 0.1) is 0 Å². The van der Waals surface area contributed by atoms with Crippen LogP contribution in [0.15, 0.2) is 40.9 Å². The first-order valence-electron chi connectivity index (χ1n) is 8.20. The van der Waals surface area contributed by atoms with Crippen LogP contribution >= 0.6 is 12.4 Å². The smallest absolute Gasteiger partial charge is 0.166 e. The Kier molecular flexibility index (Phi) is 6.63. The highest BCUT2D eigenvalue weighted by atomic mass is 35.5. The molecule has 1 aromatic heterocycles. The lowest BCUT2D eigenvalue weighted by molar-refractivity contribution is 0.0587. The van der Waals surface area contributed by atoms with E-state index >= 15 is 0 Å². The summed E-state index contributed by atoms with van der Waals surface area (Å²) in [7, 11) is 0. The fourth-order valence-electron chi connectivity index (χ4n) is 3.16. The van der Waals surface area contributed by atoms with Crippen LogP contribution in [0.5, 0.6) is 0 Å². The molecule has 5 heteroatoms. The highest BCUT2D eigenvalue weighted by Crippen LogP contribution is 2.29. The first-order chi connectivity index (χ1) is 10.8. The molecule has 0 bridgehead atoms.